The van der Waals surface area contributed by atoms with Gasteiger partial charge in [0.05, 0.1) is 4.99 Å². The largest absolute Gasteiger partial charge is 0.396 e. The normalized spacial score (nSPS) is 11.5. The Morgan fingerprint density at radius 3 is 2.40 bits per heavy atom. The standard InChI is InChI=1S/C7H15NOS/c1-7(2,6(8)10)4-3-5-9/h9H,3-5H2,1-2H3,(H2,8,10). The third-order valence-electron chi connectivity index (χ3n) is 1.63. The van der Waals surface area contributed by atoms with Gasteiger partial charge in [-0.25, -0.2) is 0 Å². The number of hydrogen-bond donors (Lipinski definition) is 2. The Morgan fingerprint density at radius 2 is 2.10 bits per heavy atom. The molecule has 0 aromatic rings. The van der Waals surface area contributed by atoms with Crippen LogP contribution in [0.5, 0.6) is 0 Å². The molecule has 0 amide bonds. The van der Waals surface area contributed by atoms with E-state index >= 15 is 0 Å². The van der Waals surface area contributed by atoms with Gasteiger partial charge in [-0.3, -0.25) is 0 Å². The Bertz CT molecular complexity index is 123. The van der Waals surface area contributed by atoms with Gasteiger partial charge in [-0.15, -0.1) is 0 Å². The van der Waals surface area contributed by atoms with E-state index < -0.39 is 0 Å². The SMILES string of the molecule is CC(C)(CCCO)C(N)=S. The quantitative estimate of drug-likeness (QED) is 0.606. The first kappa shape index (κ1) is 9.85. The Labute approximate surface area is 67.4 Å². The van der Waals surface area contributed by atoms with Crippen molar-refractivity contribution in [2.75, 3.05) is 6.61 Å². The van der Waals surface area contributed by atoms with E-state index in [1.165, 1.54) is 0 Å². The summed E-state index contributed by atoms with van der Waals surface area (Å²) in [6.45, 7) is 4.20. The van der Waals surface area contributed by atoms with Crippen molar-refractivity contribution >= 4 is 17.2 Å². The van der Waals surface area contributed by atoms with Gasteiger partial charge in [-0.1, -0.05) is 26.1 Å². The van der Waals surface area contributed by atoms with Gasteiger partial charge in [-0.2, -0.15) is 0 Å². The van der Waals surface area contributed by atoms with Crippen LogP contribution >= 0.6 is 12.2 Å². The minimum absolute atomic E-state index is 0.0991. The van der Waals surface area contributed by atoms with E-state index in [1.54, 1.807) is 0 Å². The lowest BCUT2D eigenvalue weighted by Gasteiger charge is -2.21. The summed E-state index contributed by atoms with van der Waals surface area (Å²) in [5.74, 6) is 0. The molecule has 0 aromatic heterocycles. The second-order valence-corrected chi connectivity index (χ2v) is 3.52. The monoisotopic (exact) mass is 161 g/mol. The van der Waals surface area contributed by atoms with Crippen LogP contribution in [0, 0.1) is 5.41 Å². The first-order valence-electron chi connectivity index (χ1n) is 3.41. The number of aliphatic hydroxyl groups is 1. The molecule has 3 N–H and O–H groups in total. The fraction of sp³-hybridized carbons (Fsp3) is 0.857. The zero-order chi connectivity index (χ0) is 8.20. The molecule has 0 radical (unpaired) electrons. The van der Waals surface area contributed by atoms with Crippen LogP contribution in [0.25, 0.3) is 0 Å². The predicted molar refractivity (Wildman–Crippen MR) is 46.9 cm³/mol. The number of nitrogens with two attached hydrogens (primary N) is 1. The van der Waals surface area contributed by atoms with Gasteiger partial charge in [0.2, 0.25) is 0 Å². The highest BCUT2D eigenvalue weighted by atomic mass is 32.1. The third-order valence-corrected chi connectivity index (χ3v) is 2.18. The first-order valence-corrected chi connectivity index (χ1v) is 3.82. The molecular formula is C7H15NOS. The number of hydrogen-bond acceptors (Lipinski definition) is 2. The zero-order valence-electron chi connectivity index (χ0n) is 6.55. The molecule has 10 heavy (non-hydrogen) atoms. The lowest BCUT2D eigenvalue weighted by molar-refractivity contribution is 0.267. The summed E-state index contributed by atoms with van der Waals surface area (Å²) in [6.07, 6.45) is 1.63. The van der Waals surface area contributed by atoms with Crippen LogP contribution in [0.1, 0.15) is 26.7 Å². The van der Waals surface area contributed by atoms with Crippen LogP contribution in [-0.4, -0.2) is 16.7 Å². The van der Waals surface area contributed by atoms with Crippen LogP contribution < -0.4 is 5.73 Å². The van der Waals surface area contributed by atoms with Crippen LogP contribution in [0.2, 0.25) is 0 Å². The molecule has 0 atom stereocenters. The number of aliphatic hydroxyl groups excluding tert-OH is 1. The molecular weight excluding hydrogens is 146 g/mol. The van der Waals surface area contributed by atoms with Crippen LogP contribution in [0.4, 0.5) is 0 Å². The van der Waals surface area contributed by atoms with Gasteiger partial charge in [0.15, 0.2) is 0 Å². The minimum atomic E-state index is -0.0991. The van der Waals surface area contributed by atoms with E-state index in [9.17, 15) is 0 Å². The van der Waals surface area contributed by atoms with Gasteiger partial charge in [0, 0.05) is 12.0 Å². The summed E-state index contributed by atoms with van der Waals surface area (Å²) >= 11 is 4.84. The van der Waals surface area contributed by atoms with Crippen molar-refractivity contribution in [2.45, 2.75) is 26.7 Å². The van der Waals surface area contributed by atoms with Crippen LogP contribution in [0.3, 0.4) is 0 Å². The molecule has 0 spiro atoms. The van der Waals surface area contributed by atoms with Gasteiger partial charge in [-0.05, 0) is 12.8 Å². The van der Waals surface area contributed by atoms with Crippen molar-refractivity contribution in [3.8, 4) is 0 Å². The Balaban J connectivity index is 3.75. The van der Waals surface area contributed by atoms with Gasteiger partial charge >= 0.3 is 0 Å². The van der Waals surface area contributed by atoms with Gasteiger partial charge in [0.1, 0.15) is 0 Å². The summed E-state index contributed by atoms with van der Waals surface area (Å²) in [4.78, 5) is 0.529. The van der Waals surface area contributed by atoms with Gasteiger partial charge < -0.3 is 10.8 Å². The van der Waals surface area contributed by atoms with E-state index in [0.29, 0.717) is 4.99 Å². The van der Waals surface area contributed by atoms with E-state index in [1.807, 2.05) is 13.8 Å². The smallest absolute Gasteiger partial charge is 0.0784 e. The summed E-state index contributed by atoms with van der Waals surface area (Å²) in [5, 5.41) is 8.53. The molecule has 60 valence electrons. The molecule has 0 aromatic carbocycles. The van der Waals surface area contributed by atoms with E-state index in [2.05, 4.69) is 0 Å². The van der Waals surface area contributed by atoms with Crippen molar-refractivity contribution < 1.29 is 5.11 Å². The van der Waals surface area contributed by atoms with Crippen molar-refractivity contribution in [1.82, 2.24) is 0 Å². The third kappa shape index (κ3) is 3.13. The fourth-order valence-corrected chi connectivity index (χ4v) is 0.746. The molecule has 0 bridgehead atoms. The molecule has 0 fully saturated rings. The summed E-state index contributed by atoms with van der Waals surface area (Å²) in [7, 11) is 0. The summed E-state index contributed by atoms with van der Waals surface area (Å²) in [5.41, 5.74) is 5.36. The minimum Gasteiger partial charge on any atom is -0.396 e. The maximum atomic E-state index is 8.53. The lowest BCUT2D eigenvalue weighted by atomic mass is 9.88. The average molecular weight is 161 g/mol. The van der Waals surface area contributed by atoms with Crippen molar-refractivity contribution in [1.29, 1.82) is 0 Å². The maximum Gasteiger partial charge on any atom is 0.0784 e. The second kappa shape index (κ2) is 3.88. The molecule has 2 nitrogen and oxygen atoms in total. The Morgan fingerprint density at radius 1 is 1.60 bits per heavy atom. The first-order chi connectivity index (χ1) is 4.50. The topological polar surface area (TPSA) is 46.2 Å². The van der Waals surface area contributed by atoms with Crippen molar-refractivity contribution in [2.24, 2.45) is 11.1 Å². The summed E-state index contributed by atoms with van der Waals surface area (Å²) < 4.78 is 0. The molecule has 0 heterocycles. The second-order valence-electron chi connectivity index (χ2n) is 3.08. The lowest BCUT2D eigenvalue weighted by Crippen LogP contribution is -2.29. The molecule has 0 saturated carbocycles. The van der Waals surface area contributed by atoms with E-state index in [-0.39, 0.29) is 12.0 Å². The number of thiocarbonyl (C=S) groups is 1. The molecule has 0 aliphatic rings. The Kier molecular flexibility index (Phi) is 3.83. The van der Waals surface area contributed by atoms with Crippen LogP contribution in [-0.2, 0) is 0 Å². The molecule has 0 saturated heterocycles. The fourth-order valence-electron chi connectivity index (χ4n) is 0.644. The summed E-state index contributed by atoms with van der Waals surface area (Å²) in [6, 6.07) is 0. The van der Waals surface area contributed by atoms with E-state index in [0.717, 1.165) is 12.8 Å². The highest BCUT2D eigenvalue weighted by Gasteiger charge is 2.19. The highest BCUT2D eigenvalue weighted by molar-refractivity contribution is 7.80. The van der Waals surface area contributed by atoms with Gasteiger partial charge in [0.25, 0.3) is 0 Å². The zero-order valence-corrected chi connectivity index (χ0v) is 7.37. The molecule has 0 unspecified atom stereocenters. The highest BCUT2D eigenvalue weighted by Crippen LogP contribution is 2.21. The van der Waals surface area contributed by atoms with Crippen LogP contribution in [0.15, 0.2) is 0 Å². The average Bonchev–Trinajstić information content (AvgIpc) is 1.84. The molecule has 0 aliphatic heterocycles. The van der Waals surface area contributed by atoms with E-state index in [4.69, 9.17) is 23.1 Å². The molecule has 3 heteroatoms. The van der Waals surface area contributed by atoms with Crippen molar-refractivity contribution in [3.05, 3.63) is 0 Å². The Hall–Kier alpha value is -0.150. The van der Waals surface area contributed by atoms with Crippen molar-refractivity contribution in [3.63, 3.8) is 0 Å². The number of rotatable bonds is 4. The molecule has 0 aliphatic carbocycles. The predicted octanol–water partition coefficient (Wildman–Crippen LogP) is 1.07. The maximum absolute atomic E-state index is 8.53. The molecule has 0 rings (SSSR count).